The summed E-state index contributed by atoms with van der Waals surface area (Å²) >= 11 is 9.59. The number of carbonyl (C=O) groups excluding carboxylic acids is 3. The van der Waals surface area contributed by atoms with Crippen LogP contribution in [0.2, 0.25) is 5.02 Å². The number of primary amides is 1. The molecule has 2 aliphatic heterocycles. The first-order valence-corrected chi connectivity index (χ1v) is 12.3. The van der Waals surface area contributed by atoms with E-state index < -0.39 is 47.2 Å². The van der Waals surface area contributed by atoms with Crippen LogP contribution in [0.1, 0.15) is 30.0 Å². The summed E-state index contributed by atoms with van der Waals surface area (Å²) in [6.45, 7) is 1.86. The van der Waals surface area contributed by atoms with Gasteiger partial charge in [0.25, 0.3) is 0 Å². The van der Waals surface area contributed by atoms with Gasteiger partial charge in [-0.25, -0.2) is 9.69 Å². The summed E-state index contributed by atoms with van der Waals surface area (Å²) in [5.74, 6) is -5.14. The van der Waals surface area contributed by atoms with Gasteiger partial charge in [-0.05, 0) is 55.7 Å². The monoisotopic (exact) mass is 578 g/mol. The lowest BCUT2D eigenvalue weighted by atomic mass is 9.77. The molecule has 2 aromatic rings. The molecule has 4 atom stereocenters. The molecule has 190 valence electrons. The van der Waals surface area contributed by atoms with E-state index in [1.54, 1.807) is 31.2 Å². The number of nitrogens with zero attached hydrogens (tertiary/aromatic N) is 1. The SMILES string of the molecule is Cc1ccc(N2C(=O)C3C(c4cc(Br)ccc4O)NC(CCCNC(N)=O)(C(=O)O)C3C2=O)cc1Cl. The van der Waals surface area contributed by atoms with Crippen molar-refractivity contribution in [1.29, 1.82) is 0 Å². The molecule has 2 aromatic carbocycles. The Morgan fingerprint density at radius 2 is 1.94 bits per heavy atom. The van der Waals surface area contributed by atoms with E-state index in [1.807, 2.05) is 0 Å². The van der Waals surface area contributed by atoms with Crippen LogP contribution in [-0.4, -0.2) is 46.1 Å². The zero-order chi connectivity index (χ0) is 26.4. The zero-order valence-corrected chi connectivity index (χ0v) is 21.5. The minimum atomic E-state index is -1.85. The fraction of sp³-hybridized carbons (Fsp3) is 0.333. The Morgan fingerprint density at radius 1 is 1.22 bits per heavy atom. The summed E-state index contributed by atoms with van der Waals surface area (Å²) < 4.78 is 0.603. The average Bonchev–Trinajstić information content (AvgIpc) is 3.29. The fourth-order valence-corrected chi connectivity index (χ4v) is 5.69. The fourth-order valence-electron chi connectivity index (χ4n) is 5.13. The van der Waals surface area contributed by atoms with Gasteiger partial charge < -0.3 is 21.3 Å². The Hall–Kier alpha value is -3.15. The second kappa shape index (κ2) is 9.72. The lowest BCUT2D eigenvalue weighted by Crippen LogP contribution is -2.56. The van der Waals surface area contributed by atoms with Gasteiger partial charge in [0.15, 0.2) is 0 Å². The lowest BCUT2D eigenvalue weighted by Gasteiger charge is -2.31. The molecule has 36 heavy (non-hydrogen) atoms. The molecule has 4 unspecified atom stereocenters. The number of nitrogens with two attached hydrogens (primary N) is 1. The maximum atomic E-state index is 13.8. The number of phenolic OH excluding ortho intramolecular Hbond substituents is 1. The first-order chi connectivity index (χ1) is 17.0. The van der Waals surface area contributed by atoms with E-state index in [0.29, 0.717) is 9.50 Å². The number of anilines is 1. The Labute approximate surface area is 219 Å². The molecule has 6 N–H and O–H groups in total. The van der Waals surface area contributed by atoms with Crippen molar-refractivity contribution in [3.05, 3.63) is 57.0 Å². The molecule has 12 heteroatoms. The van der Waals surface area contributed by atoms with Crippen LogP contribution < -0.4 is 21.3 Å². The molecule has 2 heterocycles. The van der Waals surface area contributed by atoms with Gasteiger partial charge in [-0.15, -0.1) is 0 Å². The van der Waals surface area contributed by atoms with E-state index in [1.165, 1.54) is 12.1 Å². The largest absolute Gasteiger partial charge is 0.508 e. The summed E-state index contributed by atoms with van der Waals surface area (Å²) in [6.07, 6.45) is 0.0804. The van der Waals surface area contributed by atoms with Crippen molar-refractivity contribution in [2.24, 2.45) is 17.6 Å². The van der Waals surface area contributed by atoms with E-state index in [9.17, 15) is 29.4 Å². The van der Waals surface area contributed by atoms with Crippen LogP contribution in [-0.2, 0) is 14.4 Å². The van der Waals surface area contributed by atoms with Crippen LogP contribution in [0.5, 0.6) is 5.75 Å². The van der Waals surface area contributed by atoms with Gasteiger partial charge in [-0.1, -0.05) is 33.6 Å². The number of imide groups is 1. The molecule has 2 fully saturated rings. The second-order valence-electron chi connectivity index (χ2n) is 8.95. The van der Waals surface area contributed by atoms with Crippen molar-refractivity contribution in [2.45, 2.75) is 31.3 Å². The number of hydrogen-bond acceptors (Lipinski definition) is 6. The van der Waals surface area contributed by atoms with Crippen molar-refractivity contribution >= 4 is 57.0 Å². The summed E-state index contributed by atoms with van der Waals surface area (Å²) in [6, 6.07) is 7.61. The minimum absolute atomic E-state index is 0.0790. The van der Waals surface area contributed by atoms with Gasteiger partial charge in [0.1, 0.15) is 11.3 Å². The number of halogens is 2. The smallest absolute Gasteiger partial charge is 0.324 e. The lowest BCUT2D eigenvalue weighted by molar-refractivity contribution is -0.149. The van der Waals surface area contributed by atoms with Crippen LogP contribution in [0.25, 0.3) is 0 Å². The third-order valence-corrected chi connectivity index (χ3v) is 7.72. The third-order valence-electron chi connectivity index (χ3n) is 6.82. The summed E-state index contributed by atoms with van der Waals surface area (Å²) in [5, 5.41) is 26.8. The molecule has 4 amide bonds. The second-order valence-corrected chi connectivity index (χ2v) is 10.3. The number of amides is 4. The molecule has 4 rings (SSSR count). The van der Waals surface area contributed by atoms with Crippen molar-refractivity contribution in [3.8, 4) is 5.75 Å². The van der Waals surface area contributed by atoms with Crippen molar-refractivity contribution < 1.29 is 29.4 Å². The summed E-state index contributed by atoms with van der Waals surface area (Å²) in [5.41, 5.74) is 4.53. The maximum absolute atomic E-state index is 13.8. The predicted molar refractivity (Wildman–Crippen MR) is 135 cm³/mol. The number of aryl methyl sites for hydroxylation is 1. The van der Waals surface area contributed by atoms with Crippen molar-refractivity contribution in [1.82, 2.24) is 10.6 Å². The molecule has 0 bridgehead atoms. The standard InChI is InChI=1S/C24H24BrClN4O6/c1-11-3-5-13(10-15(11)26)30-20(32)17-18(21(30)33)24(22(34)35,7-2-8-28-23(27)36)29-19(17)14-9-12(25)4-6-16(14)31/h3-6,9-10,17-19,29,31H,2,7-8H2,1H3,(H,34,35)(H3,27,28,36). The number of fused-ring (bicyclic) bond motifs is 1. The maximum Gasteiger partial charge on any atom is 0.324 e. The summed E-state index contributed by atoms with van der Waals surface area (Å²) in [7, 11) is 0. The number of hydrogen-bond donors (Lipinski definition) is 5. The van der Waals surface area contributed by atoms with Gasteiger partial charge in [0, 0.05) is 27.6 Å². The van der Waals surface area contributed by atoms with E-state index in [2.05, 4.69) is 26.6 Å². The third kappa shape index (κ3) is 4.31. The highest BCUT2D eigenvalue weighted by molar-refractivity contribution is 9.10. The van der Waals surface area contributed by atoms with Crippen LogP contribution >= 0.6 is 27.5 Å². The van der Waals surface area contributed by atoms with Gasteiger partial charge >= 0.3 is 12.0 Å². The molecule has 0 aliphatic carbocycles. The van der Waals surface area contributed by atoms with E-state index in [-0.39, 0.29) is 36.4 Å². The number of phenols is 1. The molecule has 10 nitrogen and oxygen atoms in total. The number of urea groups is 1. The normalized spacial score (nSPS) is 25.2. The molecular formula is C24H24BrClN4O6. The molecule has 2 saturated heterocycles. The van der Waals surface area contributed by atoms with E-state index in [4.69, 9.17) is 17.3 Å². The number of rotatable bonds is 7. The van der Waals surface area contributed by atoms with Crippen LogP contribution in [0.15, 0.2) is 40.9 Å². The highest BCUT2D eigenvalue weighted by atomic mass is 79.9. The minimum Gasteiger partial charge on any atom is -0.508 e. The molecule has 0 spiro atoms. The zero-order valence-electron chi connectivity index (χ0n) is 19.1. The average molecular weight is 580 g/mol. The number of carboxylic acid groups (broad SMARTS) is 1. The molecule has 0 saturated carbocycles. The van der Waals surface area contributed by atoms with Gasteiger partial charge in [-0.3, -0.25) is 19.7 Å². The number of nitrogens with one attached hydrogen (secondary N) is 2. The molecule has 2 aliphatic rings. The Morgan fingerprint density at radius 3 is 2.58 bits per heavy atom. The first-order valence-electron chi connectivity index (χ1n) is 11.1. The quantitative estimate of drug-likeness (QED) is 0.249. The number of benzene rings is 2. The van der Waals surface area contributed by atoms with Gasteiger partial charge in [0.05, 0.1) is 17.5 Å². The predicted octanol–water partition coefficient (Wildman–Crippen LogP) is 2.84. The van der Waals surface area contributed by atoms with Crippen molar-refractivity contribution in [2.75, 3.05) is 11.4 Å². The number of aromatic hydroxyl groups is 1. The first kappa shape index (κ1) is 25.9. The Bertz CT molecular complexity index is 1270. The van der Waals surface area contributed by atoms with Gasteiger partial charge in [0.2, 0.25) is 11.8 Å². The van der Waals surface area contributed by atoms with Crippen LogP contribution in [0.4, 0.5) is 10.5 Å². The van der Waals surface area contributed by atoms with Crippen LogP contribution in [0, 0.1) is 18.8 Å². The molecule has 0 radical (unpaired) electrons. The van der Waals surface area contributed by atoms with E-state index in [0.717, 1.165) is 10.5 Å². The summed E-state index contributed by atoms with van der Waals surface area (Å²) in [4.78, 5) is 52.4. The highest BCUT2D eigenvalue weighted by Gasteiger charge is 2.68. The van der Waals surface area contributed by atoms with E-state index >= 15 is 0 Å². The highest BCUT2D eigenvalue weighted by Crippen LogP contribution is 2.52. The number of aliphatic carboxylic acids is 1. The Kier molecular flexibility index (Phi) is 7.00. The van der Waals surface area contributed by atoms with Gasteiger partial charge in [-0.2, -0.15) is 0 Å². The molecular weight excluding hydrogens is 556 g/mol. The van der Waals surface area contributed by atoms with Crippen molar-refractivity contribution in [3.63, 3.8) is 0 Å². The topological polar surface area (TPSA) is 162 Å². The van der Waals surface area contributed by atoms with Crippen LogP contribution in [0.3, 0.4) is 0 Å². The number of carboxylic acids is 1. The molecule has 0 aromatic heterocycles. The number of carbonyl (C=O) groups is 4. The Balaban J connectivity index is 1.82.